The number of benzene rings is 1. The maximum Gasteiger partial charge on any atom is 0.195 e. The van der Waals surface area contributed by atoms with E-state index in [9.17, 15) is 5.11 Å². The second-order valence-electron chi connectivity index (χ2n) is 3.48. The van der Waals surface area contributed by atoms with Crippen molar-refractivity contribution in [3.05, 3.63) is 23.9 Å². The van der Waals surface area contributed by atoms with Gasteiger partial charge >= 0.3 is 0 Å². The van der Waals surface area contributed by atoms with Gasteiger partial charge in [0.2, 0.25) is 0 Å². The van der Waals surface area contributed by atoms with Crippen molar-refractivity contribution in [2.24, 2.45) is 0 Å². The van der Waals surface area contributed by atoms with Crippen molar-refractivity contribution in [2.45, 2.75) is 6.92 Å². The Labute approximate surface area is 103 Å². The highest BCUT2D eigenvalue weighted by molar-refractivity contribution is 7.16. The highest BCUT2D eigenvalue weighted by Crippen LogP contribution is 2.38. The number of ether oxygens (including phenoxy) is 2. The number of hydrogen-bond acceptors (Lipinski definition) is 5. The van der Waals surface area contributed by atoms with Gasteiger partial charge in [0, 0.05) is 6.07 Å². The van der Waals surface area contributed by atoms with Gasteiger partial charge in [0.15, 0.2) is 5.06 Å². The molecule has 0 aliphatic rings. The summed E-state index contributed by atoms with van der Waals surface area (Å²) in [6.45, 7) is 1.77. The summed E-state index contributed by atoms with van der Waals surface area (Å²) >= 11 is 1.23. The summed E-state index contributed by atoms with van der Waals surface area (Å²) in [6, 6.07) is 5.50. The van der Waals surface area contributed by atoms with Crippen molar-refractivity contribution in [2.75, 3.05) is 14.2 Å². The maximum absolute atomic E-state index is 9.56. The molecule has 17 heavy (non-hydrogen) atoms. The summed E-state index contributed by atoms with van der Waals surface area (Å²) in [5, 5.41) is 10.5. The quantitative estimate of drug-likeness (QED) is 0.911. The van der Waals surface area contributed by atoms with Crippen LogP contribution in [0.4, 0.5) is 0 Å². The first-order chi connectivity index (χ1) is 8.15. The van der Waals surface area contributed by atoms with Crippen LogP contribution in [-0.2, 0) is 0 Å². The van der Waals surface area contributed by atoms with Gasteiger partial charge in [-0.1, -0.05) is 11.3 Å². The molecule has 0 atom stereocenters. The van der Waals surface area contributed by atoms with E-state index in [0.717, 1.165) is 16.3 Å². The minimum Gasteiger partial charge on any atom is -0.498 e. The second-order valence-corrected chi connectivity index (χ2v) is 4.45. The van der Waals surface area contributed by atoms with Gasteiger partial charge in [0.05, 0.1) is 25.5 Å². The van der Waals surface area contributed by atoms with Crippen LogP contribution in [0.15, 0.2) is 18.2 Å². The highest BCUT2D eigenvalue weighted by atomic mass is 32.1. The SMILES string of the molecule is COc1ccc(-c2nc(C)c(O)s2)c(OC)c1. The first-order valence-electron chi connectivity index (χ1n) is 5.04. The van der Waals surface area contributed by atoms with Crippen molar-refractivity contribution in [1.29, 1.82) is 0 Å². The zero-order valence-electron chi connectivity index (χ0n) is 9.85. The van der Waals surface area contributed by atoms with Crippen molar-refractivity contribution in [1.82, 2.24) is 4.98 Å². The number of aromatic nitrogens is 1. The van der Waals surface area contributed by atoms with Crippen LogP contribution < -0.4 is 9.47 Å². The van der Waals surface area contributed by atoms with Crippen LogP contribution in [0.1, 0.15) is 5.69 Å². The third kappa shape index (κ3) is 2.19. The summed E-state index contributed by atoms with van der Waals surface area (Å²) in [5.74, 6) is 1.40. The fourth-order valence-corrected chi connectivity index (χ4v) is 2.32. The monoisotopic (exact) mass is 251 g/mol. The molecule has 2 rings (SSSR count). The summed E-state index contributed by atoms with van der Waals surface area (Å²) in [7, 11) is 3.20. The van der Waals surface area contributed by atoms with Crippen molar-refractivity contribution >= 4 is 11.3 Å². The number of hydrogen-bond donors (Lipinski definition) is 1. The van der Waals surface area contributed by atoms with E-state index in [0.29, 0.717) is 11.4 Å². The van der Waals surface area contributed by atoms with Crippen LogP contribution in [0.2, 0.25) is 0 Å². The predicted molar refractivity (Wildman–Crippen MR) is 67.1 cm³/mol. The summed E-state index contributed by atoms with van der Waals surface area (Å²) < 4.78 is 10.4. The van der Waals surface area contributed by atoms with Crippen molar-refractivity contribution in [3.63, 3.8) is 0 Å². The zero-order chi connectivity index (χ0) is 12.4. The van der Waals surface area contributed by atoms with Crippen LogP contribution >= 0.6 is 11.3 Å². The number of rotatable bonds is 3. The van der Waals surface area contributed by atoms with Crippen molar-refractivity contribution < 1.29 is 14.6 Å². The summed E-state index contributed by atoms with van der Waals surface area (Å²) in [5.41, 5.74) is 1.48. The standard InChI is InChI=1S/C12H13NO3S/c1-7-12(14)17-11(13-7)9-5-4-8(15-2)6-10(9)16-3/h4-6,14H,1-3H3. The third-order valence-electron chi connectivity index (χ3n) is 2.41. The zero-order valence-corrected chi connectivity index (χ0v) is 10.7. The van der Waals surface area contributed by atoms with E-state index in [4.69, 9.17) is 9.47 Å². The highest BCUT2D eigenvalue weighted by Gasteiger charge is 2.13. The van der Waals surface area contributed by atoms with Gasteiger partial charge in [-0.15, -0.1) is 0 Å². The van der Waals surface area contributed by atoms with E-state index >= 15 is 0 Å². The molecule has 90 valence electrons. The number of thiazole rings is 1. The summed E-state index contributed by atoms with van der Waals surface area (Å²) in [6.07, 6.45) is 0. The van der Waals surface area contributed by atoms with Gasteiger partial charge in [0.25, 0.3) is 0 Å². The molecule has 1 N–H and O–H groups in total. The molecule has 0 radical (unpaired) electrons. The largest absolute Gasteiger partial charge is 0.498 e. The van der Waals surface area contributed by atoms with Gasteiger partial charge in [0.1, 0.15) is 16.5 Å². The minimum absolute atomic E-state index is 0.234. The van der Waals surface area contributed by atoms with E-state index < -0.39 is 0 Å². The Balaban J connectivity index is 2.51. The fraction of sp³-hybridized carbons (Fsp3) is 0.250. The Morgan fingerprint density at radius 3 is 2.53 bits per heavy atom. The third-order valence-corrected chi connectivity index (χ3v) is 3.40. The molecule has 0 unspecified atom stereocenters. The van der Waals surface area contributed by atoms with Gasteiger partial charge < -0.3 is 14.6 Å². The Bertz CT molecular complexity index is 517. The molecule has 0 aliphatic heterocycles. The lowest BCUT2D eigenvalue weighted by Crippen LogP contribution is -1.90. The van der Waals surface area contributed by atoms with Crippen molar-refractivity contribution in [3.8, 4) is 27.1 Å². The molecule has 5 heteroatoms. The lowest BCUT2D eigenvalue weighted by atomic mass is 10.2. The normalized spacial score (nSPS) is 10.3. The lowest BCUT2D eigenvalue weighted by Gasteiger charge is -2.07. The number of methoxy groups -OCH3 is 2. The van der Waals surface area contributed by atoms with E-state index in [1.54, 1.807) is 27.2 Å². The first-order valence-corrected chi connectivity index (χ1v) is 5.86. The first kappa shape index (κ1) is 11.7. The minimum atomic E-state index is 0.234. The van der Waals surface area contributed by atoms with E-state index in [-0.39, 0.29) is 5.06 Å². The molecular weight excluding hydrogens is 238 g/mol. The maximum atomic E-state index is 9.56. The van der Waals surface area contributed by atoms with E-state index in [2.05, 4.69) is 4.98 Å². The van der Waals surface area contributed by atoms with E-state index in [1.165, 1.54) is 11.3 Å². The molecule has 0 bridgehead atoms. The number of nitrogens with zero attached hydrogens (tertiary/aromatic N) is 1. The Morgan fingerprint density at radius 1 is 1.24 bits per heavy atom. The van der Waals surface area contributed by atoms with Crippen LogP contribution in [0.25, 0.3) is 10.6 Å². The number of aromatic hydroxyl groups is 1. The molecule has 0 saturated heterocycles. The number of aryl methyl sites for hydroxylation is 1. The average Bonchev–Trinajstić information content (AvgIpc) is 2.68. The van der Waals surface area contributed by atoms with Gasteiger partial charge in [-0.25, -0.2) is 4.98 Å². The summed E-state index contributed by atoms with van der Waals surface area (Å²) in [4.78, 5) is 4.29. The van der Waals surface area contributed by atoms with E-state index in [1.807, 2.05) is 12.1 Å². The van der Waals surface area contributed by atoms with Gasteiger partial charge in [-0.3, -0.25) is 0 Å². The molecule has 1 heterocycles. The molecule has 0 aliphatic carbocycles. The van der Waals surface area contributed by atoms with Crippen LogP contribution in [-0.4, -0.2) is 24.3 Å². The smallest absolute Gasteiger partial charge is 0.195 e. The fourth-order valence-electron chi connectivity index (χ4n) is 1.48. The van der Waals surface area contributed by atoms with Crippen LogP contribution in [0.3, 0.4) is 0 Å². The topological polar surface area (TPSA) is 51.6 Å². The Morgan fingerprint density at radius 2 is 2.00 bits per heavy atom. The Kier molecular flexibility index (Phi) is 3.19. The average molecular weight is 251 g/mol. The molecule has 2 aromatic rings. The Hall–Kier alpha value is -1.75. The molecular formula is C12H13NO3S. The molecule has 1 aromatic heterocycles. The molecule has 4 nitrogen and oxygen atoms in total. The molecule has 0 amide bonds. The second kappa shape index (κ2) is 4.63. The molecule has 0 fully saturated rings. The lowest BCUT2D eigenvalue weighted by molar-refractivity contribution is 0.395. The van der Waals surface area contributed by atoms with Gasteiger partial charge in [-0.05, 0) is 19.1 Å². The van der Waals surface area contributed by atoms with Crippen LogP contribution in [0.5, 0.6) is 16.6 Å². The van der Waals surface area contributed by atoms with Crippen LogP contribution in [0, 0.1) is 6.92 Å². The van der Waals surface area contributed by atoms with Gasteiger partial charge in [-0.2, -0.15) is 0 Å². The molecule has 0 saturated carbocycles. The molecule has 0 spiro atoms. The predicted octanol–water partition coefficient (Wildman–Crippen LogP) is 2.84. The molecule has 1 aromatic carbocycles.